The molecule has 2 aromatic carbocycles. The standard InChI is InChI=1S/C13H10FNO2/c14-10-4-6-11(7-5-10)15-13(17)9-2-1-3-12(16)8-9/h1-8,16H,(H,15,17). The first kappa shape index (κ1) is 11.1. The zero-order chi connectivity index (χ0) is 12.3. The first-order valence-electron chi connectivity index (χ1n) is 5.01. The number of nitrogens with one attached hydrogen (secondary N) is 1. The van der Waals surface area contributed by atoms with Crippen molar-refractivity contribution in [3.8, 4) is 5.75 Å². The van der Waals surface area contributed by atoms with Crippen LogP contribution in [0, 0.1) is 5.82 Å². The molecule has 0 saturated carbocycles. The SMILES string of the molecule is O=C(Nc1ccc(F)cc1)c1cccc(O)c1. The van der Waals surface area contributed by atoms with E-state index in [2.05, 4.69) is 5.32 Å². The fraction of sp³-hybridized carbons (Fsp3) is 0. The first-order valence-corrected chi connectivity index (χ1v) is 5.01. The molecule has 2 aromatic rings. The van der Waals surface area contributed by atoms with Gasteiger partial charge < -0.3 is 10.4 Å². The van der Waals surface area contributed by atoms with E-state index in [4.69, 9.17) is 0 Å². The molecule has 0 saturated heterocycles. The van der Waals surface area contributed by atoms with Gasteiger partial charge in [-0.05, 0) is 42.5 Å². The summed E-state index contributed by atoms with van der Waals surface area (Å²) in [5, 5.41) is 11.8. The Balaban J connectivity index is 2.14. The summed E-state index contributed by atoms with van der Waals surface area (Å²) in [5.74, 6) is -0.690. The van der Waals surface area contributed by atoms with Crippen LogP contribution >= 0.6 is 0 Å². The maximum atomic E-state index is 12.7. The third-order valence-electron chi connectivity index (χ3n) is 2.21. The first-order chi connectivity index (χ1) is 8.15. The van der Waals surface area contributed by atoms with Gasteiger partial charge in [-0.15, -0.1) is 0 Å². The van der Waals surface area contributed by atoms with Crippen LogP contribution in [0.1, 0.15) is 10.4 Å². The zero-order valence-electron chi connectivity index (χ0n) is 8.85. The number of hydrogen-bond donors (Lipinski definition) is 2. The number of amides is 1. The molecule has 1 amide bonds. The minimum Gasteiger partial charge on any atom is -0.508 e. The molecule has 0 heterocycles. The Morgan fingerprint density at radius 1 is 1.12 bits per heavy atom. The van der Waals surface area contributed by atoms with E-state index in [1.54, 1.807) is 12.1 Å². The lowest BCUT2D eigenvalue weighted by molar-refractivity contribution is 0.102. The average Bonchev–Trinajstić information content (AvgIpc) is 2.32. The number of anilines is 1. The van der Waals surface area contributed by atoms with Crippen molar-refractivity contribution in [2.75, 3.05) is 5.32 Å². The molecule has 0 aliphatic rings. The van der Waals surface area contributed by atoms with E-state index < -0.39 is 0 Å². The quantitative estimate of drug-likeness (QED) is 0.834. The number of phenolic OH excluding ortho intramolecular Hbond substituents is 1. The van der Waals surface area contributed by atoms with E-state index in [1.165, 1.54) is 36.4 Å². The molecular weight excluding hydrogens is 221 g/mol. The number of halogens is 1. The van der Waals surface area contributed by atoms with Gasteiger partial charge in [0.25, 0.3) is 5.91 Å². The third kappa shape index (κ3) is 2.81. The summed E-state index contributed by atoms with van der Waals surface area (Å²) >= 11 is 0. The maximum Gasteiger partial charge on any atom is 0.255 e. The van der Waals surface area contributed by atoms with Gasteiger partial charge in [-0.2, -0.15) is 0 Å². The van der Waals surface area contributed by atoms with Gasteiger partial charge in [0.15, 0.2) is 0 Å². The smallest absolute Gasteiger partial charge is 0.255 e. The van der Waals surface area contributed by atoms with Gasteiger partial charge in [-0.25, -0.2) is 4.39 Å². The van der Waals surface area contributed by atoms with Gasteiger partial charge in [0.2, 0.25) is 0 Å². The maximum absolute atomic E-state index is 12.7. The fourth-order valence-corrected chi connectivity index (χ4v) is 1.38. The summed E-state index contributed by atoms with van der Waals surface area (Å²) in [7, 11) is 0. The summed E-state index contributed by atoms with van der Waals surface area (Å²) in [5.41, 5.74) is 0.842. The van der Waals surface area contributed by atoms with Crippen molar-refractivity contribution >= 4 is 11.6 Å². The highest BCUT2D eigenvalue weighted by atomic mass is 19.1. The Hall–Kier alpha value is -2.36. The van der Waals surface area contributed by atoms with Crippen LogP contribution in [0.2, 0.25) is 0 Å². The van der Waals surface area contributed by atoms with Crippen molar-refractivity contribution in [2.24, 2.45) is 0 Å². The molecule has 2 N–H and O–H groups in total. The molecule has 17 heavy (non-hydrogen) atoms. The van der Waals surface area contributed by atoms with Crippen molar-refractivity contribution in [1.29, 1.82) is 0 Å². The number of carbonyl (C=O) groups is 1. The summed E-state index contributed by atoms with van der Waals surface area (Å²) in [6.07, 6.45) is 0. The Kier molecular flexibility index (Phi) is 3.05. The van der Waals surface area contributed by atoms with Crippen molar-refractivity contribution in [3.05, 3.63) is 59.9 Å². The van der Waals surface area contributed by atoms with Crippen molar-refractivity contribution in [2.45, 2.75) is 0 Å². The Bertz CT molecular complexity index is 537. The second-order valence-electron chi connectivity index (χ2n) is 3.51. The van der Waals surface area contributed by atoms with Crippen LogP contribution in [-0.2, 0) is 0 Å². The van der Waals surface area contributed by atoms with Crippen LogP contribution in [0.4, 0.5) is 10.1 Å². The van der Waals surface area contributed by atoms with E-state index in [1.807, 2.05) is 0 Å². The summed E-state index contributed by atoms with van der Waals surface area (Å²) in [6.45, 7) is 0. The molecule has 3 nitrogen and oxygen atoms in total. The highest BCUT2D eigenvalue weighted by Crippen LogP contribution is 2.14. The van der Waals surface area contributed by atoms with E-state index in [-0.39, 0.29) is 17.5 Å². The Labute approximate surface area is 97.5 Å². The van der Waals surface area contributed by atoms with Crippen LogP contribution in [-0.4, -0.2) is 11.0 Å². The zero-order valence-corrected chi connectivity index (χ0v) is 8.85. The van der Waals surface area contributed by atoms with Crippen molar-refractivity contribution in [1.82, 2.24) is 0 Å². The lowest BCUT2D eigenvalue weighted by atomic mass is 10.2. The molecule has 2 rings (SSSR count). The molecule has 0 spiro atoms. The summed E-state index contributed by atoms with van der Waals surface area (Å²) < 4.78 is 12.7. The van der Waals surface area contributed by atoms with E-state index >= 15 is 0 Å². The van der Waals surface area contributed by atoms with Crippen LogP contribution in [0.3, 0.4) is 0 Å². The van der Waals surface area contributed by atoms with Gasteiger partial charge in [0.05, 0.1) is 0 Å². The summed E-state index contributed by atoms with van der Waals surface area (Å²) in [4.78, 5) is 11.7. The van der Waals surface area contributed by atoms with Crippen LogP contribution in [0.5, 0.6) is 5.75 Å². The lowest BCUT2D eigenvalue weighted by Crippen LogP contribution is -2.11. The van der Waals surface area contributed by atoms with E-state index in [0.29, 0.717) is 11.3 Å². The van der Waals surface area contributed by atoms with E-state index in [0.717, 1.165) is 0 Å². The molecule has 0 aromatic heterocycles. The number of benzene rings is 2. The third-order valence-corrected chi connectivity index (χ3v) is 2.21. The number of carbonyl (C=O) groups excluding carboxylic acids is 1. The molecule has 0 radical (unpaired) electrons. The predicted molar refractivity (Wildman–Crippen MR) is 62.5 cm³/mol. The topological polar surface area (TPSA) is 49.3 Å². The Morgan fingerprint density at radius 3 is 2.47 bits per heavy atom. The van der Waals surface area contributed by atoms with Gasteiger partial charge in [0, 0.05) is 11.3 Å². The second-order valence-corrected chi connectivity index (χ2v) is 3.51. The van der Waals surface area contributed by atoms with Gasteiger partial charge >= 0.3 is 0 Å². The lowest BCUT2D eigenvalue weighted by Gasteiger charge is -2.05. The number of rotatable bonds is 2. The number of aromatic hydroxyl groups is 1. The number of hydrogen-bond acceptors (Lipinski definition) is 2. The predicted octanol–water partition coefficient (Wildman–Crippen LogP) is 2.78. The molecule has 0 aliphatic carbocycles. The Morgan fingerprint density at radius 2 is 1.82 bits per heavy atom. The van der Waals surface area contributed by atoms with Crippen molar-refractivity contribution < 1.29 is 14.3 Å². The van der Waals surface area contributed by atoms with Crippen LogP contribution in [0.15, 0.2) is 48.5 Å². The average molecular weight is 231 g/mol. The van der Waals surface area contributed by atoms with Crippen LogP contribution in [0.25, 0.3) is 0 Å². The molecule has 4 heteroatoms. The monoisotopic (exact) mass is 231 g/mol. The van der Waals surface area contributed by atoms with Crippen molar-refractivity contribution in [3.63, 3.8) is 0 Å². The highest BCUT2D eigenvalue weighted by molar-refractivity contribution is 6.04. The highest BCUT2D eigenvalue weighted by Gasteiger charge is 2.06. The van der Waals surface area contributed by atoms with Gasteiger partial charge in [0.1, 0.15) is 11.6 Å². The normalized spacial score (nSPS) is 9.94. The van der Waals surface area contributed by atoms with Gasteiger partial charge in [-0.3, -0.25) is 4.79 Å². The largest absolute Gasteiger partial charge is 0.508 e. The molecule has 0 fully saturated rings. The van der Waals surface area contributed by atoms with Gasteiger partial charge in [-0.1, -0.05) is 6.07 Å². The molecule has 0 aliphatic heterocycles. The molecule has 0 atom stereocenters. The molecular formula is C13H10FNO2. The molecule has 0 unspecified atom stereocenters. The molecule has 86 valence electrons. The molecule has 0 bridgehead atoms. The van der Waals surface area contributed by atoms with Crippen LogP contribution < -0.4 is 5.32 Å². The minimum atomic E-state index is -0.361. The van der Waals surface area contributed by atoms with E-state index in [9.17, 15) is 14.3 Å². The fourth-order valence-electron chi connectivity index (χ4n) is 1.38. The number of phenols is 1. The minimum absolute atomic E-state index is 0.0248. The summed E-state index contributed by atoms with van der Waals surface area (Å²) in [6, 6.07) is 11.5. The second kappa shape index (κ2) is 4.65.